The number of allylic oxidation sites excluding steroid dienone is 4. The van der Waals surface area contributed by atoms with Gasteiger partial charge in [-0.2, -0.15) is 0 Å². The van der Waals surface area contributed by atoms with E-state index >= 15 is 0 Å². The standard InChI is InChI=1S/C49H84N5O11P/c1-3-5-7-9-11-13-15-17-19-21-23-25-27-29-31-33-40(55)62-35-39(64-41(56)34-32-30-28-26-24-22-20-18-16-14-12-10-8-6-4-2)36-63-66(60,61)49(59)45-43(57)44(58)48(65-45)54-38-53-42-46(50)51-37-52-47(42)54/h17-20,37-39,43-45,48-49,57-59H,3-16,21-36H2,1-2H3,(H,60,61)(H2,50,51,52)/b19-17-,20-18-/t39-,43+,44-,45+,48-,49?/m1/s1. The number of fused-ring (bicyclic) bond motifs is 1. The summed E-state index contributed by atoms with van der Waals surface area (Å²) >= 11 is 0. The van der Waals surface area contributed by atoms with Gasteiger partial charge in [0.25, 0.3) is 0 Å². The number of aromatic nitrogens is 4. The first kappa shape index (κ1) is 57.1. The summed E-state index contributed by atoms with van der Waals surface area (Å²) in [6.45, 7) is 3.33. The molecular formula is C49H84N5O11P. The van der Waals surface area contributed by atoms with Crippen molar-refractivity contribution in [1.82, 2.24) is 19.5 Å². The molecular weight excluding hydrogens is 866 g/mol. The van der Waals surface area contributed by atoms with Crippen LogP contribution in [0.4, 0.5) is 5.82 Å². The molecule has 0 radical (unpaired) electrons. The van der Waals surface area contributed by atoms with E-state index in [1.165, 1.54) is 94.3 Å². The first-order valence-corrected chi connectivity index (χ1v) is 26.9. The second-order valence-corrected chi connectivity index (χ2v) is 19.7. The summed E-state index contributed by atoms with van der Waals surface area (Å²) < 4.78 is 36.7. The fourth-order valence-electron chi connectivity index (χ4n) is 7.97. The van der Waals surface area contributed by atoms with Crippen LogP contribution in [0.1, 0.15) is 200 Å². The smallest absolute Gasteiger partial charge is 0.359 e. The van der Waals surface area contributed by atoms with Gasteiger partial charge in [-0.05, 0) is 64.2 Å². The number of nitrogen functional groups attached to an aromatic ring is 1. The van der Waals surface area contributed by atoms with Gasteiger partial charge in [0.05, 0.1) is 12.9 Å². The van der Waals surface area contributed by atoms with Crippen LogP contribution in [0.25, 0.3) is 11.2 Å². The Morgan fingerprint density at radius 2 is 1.20 bits per heavy atom. The second-order valence-electron chi connectivity index (χ2n) is 17.8. The van der Waals surface area contributed by atoms with E-state index in [4.69, 9.17) is 24.5 Å². The van der Waals surface area contributed by atoms with Crippen LogP contribution in [0.5, 0.6) is 0 Å². The highest BCUT2D eigenvalue weighted by Crippen LogP contribution is 2.51. The summed E-state index contributed by atoms with van der Waals surface area (Å²) in [4.78, 5) is 48.6. The number of ether oxygens (including phenoxy) is 3. The summed E-state index contributed by atoms with van der Waals surface area (Å²) in [6, 6.07) is 0. The van der Waals surface area contributed by atoms with E-state index in [9.17, 15) is 34.4 Å². The van der Waals surface area contributed by atoms with Crippen molar-refractivity contribution in [3.05, 3.63) is 37.0 Å². The lowest BCUT2D eigenvalue weighted by molar-refractivity contribution is -0.161. The summed E-state index contributed by atoms with van der Waals surface area (Å²) in [5.41, 5.74) is 6.23. The Bertz CT molecular complexity index is 1730. The van der Waals surface area contributed by atoms with Crippen molar-refractivity contribution in [3.63, 3.8) is 0 Å². The largest absolute Gasteiger partial charge is 0.462 e. The fourth-order valence-corrected chi connectivity index (χ4v) is 9.12. The molecule has 17 heteroatoms. The highest BCUT2D eigenvalue weighted by molar-refractivity contribution is 7.53. The molecule has 2 aromatic rings. The maximum absolute atomic E-state index is 13.4. The average Bonchev–Trinajstić information content (AvgIpc) is 3.87. The van der Waals surface area contributed by atoms with Crippen LogP contribution < -0.4 is 5.73 Å². The van der Waals surface area contributed by atoms with Gasteiger partial charge < -0.3 is 44.7 Å². The van der Waals surface area contributed by atoms with Crippen molar-refractivity contribution in [2.45, 2.75) is 230 Å². The number of hydrogen-bond donors (Lipinski definition) is 5. The third kappa shape index (κ3) is 22.2. The maximum atomic E-state index is 13.4. The predicted octanol–water partition coefficient (Wildman–Crippen LogP) is 10.1. The molecule has 3 rings (SSSR count). The molecule has 376 valence electrons. The molecule has 6 N–H and O–H groups in total. The number of carbonyl (C=O) groups excluding carboxylic acids is 2. The molecule has 0 spiro atoms. The summed E-state index contributed by atoms with van der Waals surface area (Å²) in [7, 11) is -5.05. The molecule has 0 aromatic carbocycles. The Balaban J connectivity index is 1.43. The minimum Gasteiger partial charge on any atom is -0.462 e. The minimum atomic E-state index is -5.05. The van der Waals surface area contributed by atoms with E-state index in [2.05, 4.69) is 53.1 Å². The fraction of sp³-hybridized carbons (Fsp3) is 0.776. The van der Waals surface area contributed by atoms with Crippen LogP contribution in [0.2, 0.25) is 0 Å². The quantitative estimate of drug-likeness (QED) is 0.0181. The van der Waals surface area contributed by atoms with Gasteiger partial charge >= 0.3 is 19.5 Å². The number of aliphatic hydroxyl groups is 3. The maximum Gasteiger partial charge on any atom is 0.359 e. The minimum absolute atomic E-state index is 0.0632. The van der Waals surface area contributed by atoms with Crippen LogP contribution in [0.15, 0.2) is 37.0 Å². The lowest BCUT2D eigenvalue weighted by atomic mass is 10.1. The molecule has 1 fully saturated rings. The van der Waals surface area contributed by atoms with Gasteiger partial charge in [0.15, 0.2) is 29.6 Å². The lowest BCUT2D eigenvalue weighted by Crippen LogP contribution is -2.39. The molecule has 3 heterocycles. The van der Waals surface area contributed by atoms with Crippen molar-refractivity contribution in [2.24, 2.45) is 0 Å². The lowest BCUT2D eigenvalue weighted by Gasteiger charge is -2.26. The highest BCUT2D eigenvalue weighted by atomic mass is 31.2. The zero-order valence-corrected chi connectivity index (χ0v) is 41.0. The molecule has 0 saturated carbocycles. The molecule has 7 atom stereocenters. The van der Waals surface area contributed by atoms with Gasteiger partial charge in [0, 0.05) is 12.8 Å². The van der Waals surface area contributed by atoms with Gasteiger partial charge in [-0.25, -0.2) is 15.0 Å². The van der Waals surface area contributed by atoms with E-state index in [-0.39, 0.29) is 29.8 Å². The SMILES string of the molecule is CCCCCCCC/C=C\CCCCCCCC(=O)OC[C@H](COP(=O)(O)C(O)[C@H]1O[C@@H](n2cnc3c(N)ncnc32)[C@H](O)[C@@H]1O)OC(=O)CCCCCCC/C=C\CCCCCCCC. The van der Waals surface area contributed by atoms with Gasteiger partial charge in [0.2, 0.25) is 0 Å². The topological polar surface area (TPSA) is 239 Å². The van der Waals surface area contributed by atoms with Crippen molar-refractivity contribution in [2.75, 3.05) is 18.9 Å². The van der Waals surface area contributed by atoms with E-state index in [0.29, 0.717) is 12.8 Å². The number of nitrogens with two attached hydrogens (primary N) is 1. The van der Waals surface area contributed by atoms with Gasteiger partial charge in [-0.3, -0.25) is 18.7 Å². The monoisotopic (exact) mass is 950 g/mol. The van der Waals surface area contributed by atoms with Crippen molar-refractivity contribution < 1.29 is 53.1 Å². The van der Waals surface area contributed by atoms with Crippen LogP contribution in [0, 0.1) is 0 Å². The summed E-state index contributed by atoms with van der Waals surface area (Å²) in [5.74, 6) is -3.36. The van der Waals surface area contributed by atoms with Crippen LogP contribution in [-0.4, -0.2) is 95.1 Å². The third-order valence-electron chi connectivity index (χ3n) is 12.0. The Morgan fingerprint density at radius 1 is 0.712 bits per heavy atom. The summed E-state index contributed by atoms with van der Waals surface area (Å²) in [6.07, 6.45) is 33.0. The predicted molar refractivity (Wildman–Crippen MR) is 257 cm³/mol. The van der Waals surface area contributed by atoms with Crippen LogP contribution in [0.3, 0.4) is 0 Å². The number of imidazole rings is 1. The Labute approximate surface area is 394 Å². The number of esters is 2. The third-order valence-corrected chi connectivity index (χ3v) is 13.5. The van der Waals surface area contributed by atoms with Crippen LogP contribution >= 0.6 is 7.60 Å². The molecule has 0 amide bonds. The average molecular weight is 950 g/mol. The van der Waals surface area contributed by atoms with Crippen molar-refractivity contribution >= 4 is 36.5 Å². The molecule has 1 aliphatic heterocycles. The first-order valence-electron chi connectivity index (χ1n) is 25.2. The summed E-state index contributed by atoms with van der Waals surface area (Å²) in [5, 5.41) is 32.7. The number of aliphatic hydroxyl groups excluding tert-OH is 3. The highest BCUT2D eigenvalue weighted by Gasteiger charge is 2.53. The molecule has 2 aromatic heterocycles. The number of rotatable bonds is 39. The van der Waals surface area contributed by atoms with Gasteiger partial charge in [-0.15, -0.1) is 0 Å². The molecule has 66 heavy (non-hydrogen) atoms. The zero-order chi connectivity index (χ0) is 47.8. The van der Waals surface area contributed by atoms with E-state index < -0.39 is 69.2 Å². The molecule has 0 bridgehead atoms. The van der Waals surface area contributed by atoms with E-state index in [0.717, 1.165) is 77.0 Å². The Morgan fingerprint density at radius 3 is 1.73 bits per heavy atom. The number of unbranched alkanes of at least 4 members (excludes halogenated alkanes) is 22. The number of nitrogens with zero attached hydrogens (tertiary/aromatic N) is 4. The molecule has 1 saturated heterocycles. The van der Waals surface area contributed by atoms with E-state index in [1.807, 2.05) is 0 Å². The molecule has 2 unspecified atom stereocenters. The normalized spacial score (nSPS) is 19.5. The number of carbonyl (C=O) groups is 2. The van der Waals surface area contributed by atoms with Gasteiger partial charge in [-0.1, -0.05) is 141 Å². The Kier molecular flexibility index (Phi) is 29.5. The second kappa shape index (κ2) is 34.1. The van der Waals surface area contributed by atoms with Crippen molar-refractivity contribution in [1.29, 1.82) is 0 Å². The zero-order valence-electron chi connectivity index (χ0n) is 40.1. The van der Waals surface area contributed by atoms with Crippen LogP contribution in [-0.2, 0) is 32.9 Å². The first-order chi connectivity index (χ1) is 32.0. The molecule has 0 aliphatic carbocycles. The van der Waals surface area contributed by atoms with Crippen molar-refractivity contribution in [3.8, 4) is 0 Å². The van der Waals surface area contributed by atoms with Gasteiger partial charge in [0.1, 0.15) is 36.8 Å². The number of hydrogen-bond acceptors (Lipinski definition) is 14. The molecule has 16 nitrogen and oxygen atoms in total. The number of anilines is 1. The molecule has 1 aliphatic rings. The van der Waals surface area contributed by atoms with E-state index in [1.54, 1.807) is 0 Å². The Hall–Kier alpha value is -3.24.